The van der Waals surface area contributed by atoms with E-state index in [9.17, 15) is 4.79 Å². The van der Waals surface area contributed by atoms with Crippen LogP contribution in [0.3, 0.4) is 0 Å². The Labute approximate surface area is 191 Å². The van der Waals surface area contributed by atoms with E-state index in [2.05, 4.69) is 25.1 Å². The number of carbonyl (C=O) groups is 1. The second kappa shape index (κ2) is 10.7. The van der Waals surface area contributed by atoms with Gasteiger partial charge in [-0.3, -0.25) is 14.7 Å². The van der Waals surface area contributed by atoms with Crippen molar-refractivity contribution in [3.8, 4) is 0 Å². The predicted octanol–water partition coefficient (Wildman–Crippen LogP) is 1.40. The van der Waals surface area contributed by atoms with Crippen LogP contribution in [0.15, 0.2) is 9.41 Å². The van der Waals surface area contributed by atoms with Crippen LogP contribution in [0.5, 0.6) is 0 Å². The van der Waals surface area contributed by atoms with Gasteiger partial charge in [-0.1, -0.05) is 0 Å². The van der Waals surface area contributed by atoms with Gasteiger partial charge in [0.1, 0.15) is 11.9 Å². The molecule has 1 aromatic rings. The first kappa shape index (κ1) is 23.0. The largest absolute Gasteiger partial charge is 0.444 e. The second-order valence-electron chi connectivity index (χ2n) is 9.21. The maximum Gasteiger partial charge on any atom is 0.251 e. The number of piperidine rings is 1. The van der Waals surface area contributed by atoms with Crippen molar-refractivity contribution in [2.45, 2.75) is 52.2 Å². The molecular weight excluding hydrogens is 408 g/mol. The zero-order chi connectivity index (χ0) is 22.5. The Morgan fingerprint density at radius 1 is 1.09 bits per heavy atom. The lowest BCUT2D eigenvalue weighted by Gasteiger charge is -2.38. The number of aromatic nitrogens is 1. The molecule has 9 nitrogen and oxygen atoms in total. The lowest BCUT2D eigenvalue weighted by Crippen LogP contribution is -2.55. The quantitative estimate of drug-likeness (QED) is 0.540. The highest BCUT2D eigenvalue weighted by molar-refractivity contribution is 5.82. The molecule has 0 aromatic carbocycles. The summed E-state index contributed by atoms with van der Waals surface area (Å²) in [7, 11) is 1.84. The summed E-state index contributed by atoms with van der Waals surface area (Å²) in [5.74, 6) is 3.49. The first-order chi connectivity index (χ1) is 15.5. The Hall–Kier alpha value is -2.13. The molecule has 0 aliphatic carbocycles. The van der Waals surface area contributed by atoms with Gasteiger partial charge in [-0.15, -0.1) is 0 Å². The van der Waals surface area contributed by atoms with Crippen LogP contribution < -0.4 is 5.32 Å². The third kappa shape index (κ3) is 5.61. The first-order valence-corrected chi connectivity index (χ1v) is 12.0. The van der Waals surface area contributed by atoms with E-state index in [1.807, 2.05) is 25.8 Å². The smallest absolute Gasteiger partial charge is 0.251 e. The zero-order valence-electron chi connectivity index (χ0n) is 19.8. The first-order valence-electron chi connectivity index (χ1n) is 12.0. The Morgan fingerprint density at radius 2 is 1.81 bits per heavy atom. The highest BCUT2D eigenvalue weighted by atomic mass is 16.5. The molecule has 4 rings (SSSR count). The summed E-state index contributed by atoms with van der Waals surface area (Å²) in [5, 5.41) is 3.58. The summed E-state index contributed by atoms with van der Waals surface area (Å²) in [4.78, 5) is 28.2. The minimum atomic E-state index is -0.221. The number of aryl methyl sites for hydroxylation is 2. The molecule has 1 unspecified atom stereocenters. The van der Waals surface area contributed by atoms with Crippen LogP contribution in [0.4, 0.5) is 0 Å². The number of likely N-dealkylation sites (tertiary alicyclic amines) is 1. The molecule has 178 valence electrons. The Kier molecular flexibility index (Phi) is 7.67. The van der Waals surface area contributed by atoms with E-state index < -0.39 is 0 Å². The van der Waals surface area contributed by atoms with Crippen LogP contribution >= 0.6 is 0 Å². The number of oxazole rings is 1. The average Bonchev–Trinajstić information content (AvgIpc) is 3.45. The van der Waals surface area contributed by atoms with Crippen molar-refractivity contribution in [1.82, 2.24) is 25.0 Å². The van der Waals surface area contributed by atoms with Crippen molar-refractivity contribution < 1.29 is 13.9 Å². The molecule has 9 heteroatoms. The number of rotatable bonds is 5. The summed E-state index contributed by atoms with van der Waals surface area (Å²) >= 11 is 0. The second-order valence-corrected chi connectivity index (χ2v) is 9.21. The fraction of sp³-hybridized carbons (Fsp3) is 0.783. The van der Waals surface area contributed by atoms with Gasteiger partial charge >= 0.3 is 0 Å². The molecule has 0 radical (unpaired) electrons. The van der Waals surface area contributed by atoms with E-state index in [4.69, 9.17) is 9.15 Å². The number of hydrogen-bond donors (Lipinski definition) is 1. The van der Waals surface area contributed by atoms with Crippen molar-refractivity contribution in [1.29, 1.82) is 0 Å². The molecule has 0 bridgehead atoms. The van der Waals surface area contributed by atoms with Crippen molar-refractivity contribution >= 4 is 11.9 Å². The fourth-order valence-electron chi connectivity index (χ4n) is 4.83. The Morgan fingerprint density at radius 3 is 2.41 bits per heavy atom. The van der Waals surface area contributed by atoms with E-state index in [-0.39, 0.29) is 12.0 Å². The lowest BCUT2D eigenvalue weighted by molar-refractivity contribution is -0.142. The van der Waals surface area contributed by atoms with Crippen LogP contribution in [0.2, 0.25) is 0 Å². The van der Waals surface area contributed by atoms with E-state index in [0.29, 0.717) is 12.5 Å². The molecule has 4 heterocycles. The SMILES string of the molecule is CN=C(NCC1CCN(Cc2nc(C)c(C)o2)CC1)N1CCN(C(=O)C2CCCO2)CC1. The van der Waals surface area contributed by atoms with Crippen molar-refractivity contribution in [2.75, 3.05) is 59.5 Å². The molecule has 1 aromatic heterocycles. The van der Waals surface area contributed by atoms with Gasteiger partial charge in [0.25, 0.3) is 5.91 Å². The number of aliphatic imine (C=N–C) groups is 1. The predicted molar refractivity (Wildman–Crippen MR) is 122 cm³/mol. The topological polar surface area (TPSA) is 86.4 Å². The molecule has 32 heavy (non-hydrogen) atoms. The molecule has 0 spiro atoms. The van der Waals surface area contributed by atoms with Crippen LogP contribution in [0, 0.1) is 19.8 Å². The Bertz CT molecular complexity index is 768. The van der Waals surface area contributed by atoms with Gasteiger partial charge in [-0.25, -0.2) is 4.98 Å². The Balaban J connectivity index is 1.16. The van der Waals surface area contributed by atoms with Gasteiger partial charge in [0, 0.05) is 46.4 Å². The number of carbonyl (C=O) groups excluding carboxylic acids is 1. The highest BCUT2D eigenvalue weighted by Gasteiger charge is 2.31. The number of hydrogen-bond acceptors (Lipinski definition) is 6. The van der Waals surface area contributed by atoms with E-state index in [0.717, 1.165) is 101 Å². The van der Waals surface area contributed by atoms with Gasteiger partial charge in [-0.2, -0.15) is 0 Å². The highest BCUT2D eigenvalue weighted by Crippen LogP contribution is 2.20. The molecule has 1 N–H and O–H groups in total. The summed E-state index contributed by atoms with van der Waals surface area (Å²) in [5.41, 5.74) is 0.988. The van der Waals surface area contributed by atoms with Crippen molar-refractivity contribution in [2.24, 2.45) is 10.9 Å². The number of guanidine groups is 1. The van der Waals surface area contributed by atoms with Crippen LogP contribution in [-0.4, -0.2) is 97.1 Å². The third-order valence-corrected chi connectivity index (χ3v) is 7.00. The molecule has 1 amide bonds. The lowest BCUT2D eigenvalue weighted by atomic mass is 9.97. The van der Waals surface area contributed by atoms with Gasteiger partial charge < -0.3 is 24.3 Å². The van der Waals surface area contributed by atoms with Gasteiger partial charge in [0.15, 0.2) is 5.96 Å². The monoisotopic (exact) mass is 446 g/mol. The van der Waals surface area contributed by atoms with E-state index in [1.54, 1.807) is 0 Å². The van der Waals surface area contributed by atoms with Crippen molar-refractivity contribution in [3.05, 3.63) is 17.3 Å². The van der Waals surface area contributed by atoms with Crippen LogP contribution in [0.1, 0.15) is 43.0 Å². The summed E-state index contributed by atoms with van der Waals surface area (Å²) in [6.45, 7) is 11.6. The number of ether oxygens (including phenoxy) is 1. The zero-order valence-corrected chi connectivity index (χ0v) is 19.8. The minimum absolute atomic E-state index is 0.159. The number of piperazine rings is 1. The third-order valence-electron chi connectivity index (χ3n) is 7.00. The average molecular weight is 447 g/mol. The van der Waals surface area contributed by atoms with Crippen LogP contribution in [0.25, 0.3) is 0 Å². The number of nitrogens with one attached hydrogen (secondary N) is 1. The van der Waals surface area contributed by atoms with Crippen LogP contribution in [-0.2, 0) is 16.1 Å². The van der Waals surface area contributed by atoms with Gasteiger partial charge in [0.2, 0.25) is 5.89 Å². The molecule has 0 saturated carbocycles. The minimum Gasteiger partial charge on any atom is -0.444 e. The molecule has 3 saturated heterocycles. The molecular formula is C23H38N6O3. The standard InChI is InChI=1S/C23H38N6O3/c1-17-18(2)32-21(26-17)16-27-8-6-19(7-9-27)15-25-23(24-3)29-12-10-28(11-13-29)22(30)20-5-4-14-31-20/h19-20H,4-16H2,1-3H3,(H,24,25). The van der Waals surface area contributed by atoms with E-state index in [1.165, 1.54) is 0 Å². The normalized spacial score (nSPS) is 23.7. The van der Waals surface area contributed by atoms with Gasteiger partial charge in [0.05, 0.1) is 12.2 Å². The maximum absolute atomic E-state index is 12.6. The number of amides is 1. The molecule has 3 fully saturated rings. The summed E-state index contributed by atoms with van der Waals surface area (Å²) in [6, 6.07) is 0. The summed E-state index contributed by atoms with van der Waals surface area (Å²) in [6.07, 6.45) is 3.95. The number of nitrogens with zero attached hydrogens (tertiary/aromatic N) is 5. The van der Waals surface area contributed by atoms with Crippen molar-refractivity contribution in [3.63, 3.8) is 0 Å². The fourth-order valence-corrected chi connectivity index (χ4v) is 4.83. The molecule has 1 atom stereocenters. The maximum atomic E-state index is 12.6. The van der Waals surface area contributed by atoms with Gasteiger partial charge in [-0.05, 0) is 58.5 Å². The molecule has 3 aliphatic rings. The molecule has 3 aliphatic heterocycles. The summed E-state index contributed by atoms with van der Waals surface area (Å²) < 4.78 is 11.3. The van der Waals surface area contributed by atoms with E-state index >= 15 is 0 Å².